The van der Waals surface area contributed by atoms with Gasteiger partial charge in [0.25, 0.3) is 0 Å². The van der Waals surface area contributed by atoms with Crippen molar-refractivity contribution < 1.29 is 13.2 Å². The smallest absolute Gasteiger partial charge is 0.243 e. The van der Waals surface area contributed by atoms with E-state index in [4.69, 9.17) is 0 Å². The molecule has 0 atom stereocenters. The first-order valence-corrected chi connectivity index (χ1v) is 10.8. The third-order valence-electron chi connectivity index (χ3n) is 4.48. The summed E-state index contributed by atoms with van der Waals surface area (Å²) in [6, 6.07) is 23.2. The zero-order valence-corrected chi connectivity index (χ0v) is 17.3. The van der Waals surface area contributed by atoms with E-state index in [9.17, 15) is 13.2 Å². The summed E-state index contributed by atoms with van der Waals surface area (Å²) in [4.78, 5) is 12.8. The van der Waals surface area contributed by atoms with Gasteiger partial charge in [0, 0.05) is 12.2 Å². The van der Waals surface area contributed by atoms with Gasteiger partial charge in [-0.05, 0) is 49.2 Å². The van der Waals surface area contributed by atoms with Crippen LogP contribution in [0.4, 0.5) is 5.69 Å². The number of benzene rings is 3. The number of carbonyl (C=O) groups is 1. The molecule has 0 bridgehead atoms. The van der Waals surface area contributed by atoms with Crippen LogP contribution >= 0.6 is 0 Å². The molecule has 0 aliphatic carbocycles. The SMILES string of the molecule is Cc1ccc(CN(CC(=O)Nc2cccc(C)c2)S(=O)(=O)c2ccccc2)cc1. The Morgan fingerprint density at radius 1 is 0.862 bits per heavy atom. The van der Waals surface area contributed by atoms with Crippen molar-refractivity contribution in [2.24, 2.45) is 0 Å². The van der Waals surface area contributed by atoms with Gasteiger partial charge >= 0.3 is 0 Å². The first-order chi connectivity index (χ1) is 13.8. The number of rotatable bonds is 7. The molecule has 150 valence electrons. The van der Waals surface area contributed by atoms with E-state index in [1.807, 2.05) is 56.3 Å². The van der Waals surface area contributed by atoms with Gasteiger partial charge in [-0.1, -0.05) is 60.2 Å². The van der Waals surface area contributed by atoms with Crippen LogP contribution in [-0.4, -0.2) is 25.2 Å². The van der Waals surface area contributed by atoms with Gasteiger partial charge in [-0.15, -0.1) is 0 Å². The summed E-state index contributed by atoms with van der Waals surface area (Å²) < 4.78 is 27.6. The summed E-state index contributed by atoms with van der Waals surface area (Å²) in [7, 11) is -3.83. The van der Waals surface area contributed by atoms with Crippen LogP contribution in [-0.2, 0) is 21.4 Å². The molecule has 0 heterocycles. The lowest BCUT2D eigenvalue weighted by Gasteiger charge is -2.22. The van der Waals surface area contributed by atoms with E-state index >= 15 is 0 Å². The summed E-state index contributed by atoms with van der Waals surface area (Å²) >= 11 is 0. The van der Waals surface area contributed by atoms with Gasteiger partial charge in [-0.3, -0.25) is 4.79 Å². The number of sulfonamides is 1. The highest BCUT2D eigenvalue weighted by Gasteiger charge is 2.26. The highest BCUT2D eigenvalue weighted by atomic mass is 32.2. The van der Waals surface area contributed by atoms with E-state index in [2.05, 4.69) is 5.32 Å². The number of hydrogen-bond acceptors (Lipinski definition) is 3. The summed E-state index contributed by atoms with van der Waals surface area (Å²) in [5.74, 6) is -0.387. The lowest BCUT2D eigenvalue weighted by molar-refractivity contribution is -0.116. The van der Waals surface area contributed by atoms with Crippen molar-refractivity contribution in [3.63, 3.8) is 0 Å². The fourth-order valence-electron chi connectivity index (χ4n) is 2.95. The summed E-state index contributed by atoms with van der Waals surface area (Å²) in [5, 5.41) is 2.79. The van der Waals surface area contributed by atoms with Gasteiger partial charge in [0.05, 0.1) is 11.4 Å². The van der Waals surface area contributed by atoms with Crippen LogP contribution in [0.2, 0.25) is 0 Å². The zero-order valence-electron chi connectivity index (χ0n) is 16.5. The van der Waals surface area contributed by atoms with Crippen molar-refractivity contribution in [1.29, 1.82) is 0 Å². The molecule has 0 radical (unpaired) electrons. The molecule has 0 unspecified atom stereocenters. The molecule has 6 heteroatoms. The number of amides is 1. The molecule has 1 amide bonds. The predicted octanol–water partition coefficient (Wildman–Crippen LogP) is 4.13. The topological polar surface area (TPSA) is 66.5 Å². The average molecular weight is 409 g/mol. The minimum absolute atomic E-state index is 0.110. The van der Waals surface area contributed by atoms with E-state index in [1.54, 1.807) is 24.3 Å². The Morgan fingerprint density at radius 2 is 1.55 bits per heavy atom. The van der Waals surface area contributed by atoms with Crippen molar-refractivity contribution >= 4 is 21.6 Å². The van der Waals surface area contributed by atoms with E-state index in [1.165, 1.54) is 16.4 Å². The Labute approximate surface area is 172 Å². The second-order valence-corrected chi connectivity index (χ2v) is 8.93. The zero-order chi connectivity index (χ0) is 20.9. The van der Waals surface area contributed by atoms with Crippen LogP contribution in [0.1, 0.15) is 16.7 Å². The number of hydrogen-bond donors (Lipinski definition) is 1. The highest BCUT2D eigenvalue weighted by Crippen LogP contribution is 2.19. The van der Waals surface area contributed by atoms with Crippen molar-refractivity contribution in [2.75, 3.05) is 11.9 Å². The number of nitrogens with zero attached hydrogens (tertiary/aromatic N) is 1. The molecule has 3 aromatic carbocycles. The Bertz CT molecular complexity index is 1080. The molecule has 5 nitrogen and oxygen atoms in total. The van der Waals surface area contributed by atoms with Crippen molar-refractivity contribution in [1.82, 2.24) is 4.31 Å². The van der Waals surface area contributed by atoms with Crippen LogP contribution in [0.15, 0.2) is 83.8 Å². The first-order valence-electron chi connectivity index (χ1n) is 9.32. The quantitative estimate of drug-likeness (QED) is 0.639. The van der Waals surface area contributed by atoms with Gasteiger partial charge in [0.2, 0.25) is 15.9 Å². The largest absolute Gasteiger partial charge is 0.325 e. The van der Waals surface area contributed by atoms with Gasteiger partial charge in [-0.25, -0.2) is 8.42 Å². The third-order valence-corrected chi connectivity index (χ3v) is 6.29. The van der Waals surface area contributed by atoms with Gasteiger partial charge < -0.3 is 5.32 Å². The number of nitrogens with one attached hydrogen (secondary N) is 1. The standard InChI is InChI=1S/C23H24N2O3S/c1-18-11-13-20(14-12-18)16-25(29(27,28)22-9-4-3-5-10-22)17-23(26)24-21-8-6-7-19(2)15-21/h3-15H,16-17H2,1-2H3,(H,24,26). The third kappa shape index (κ3) is 5.53. The summed E-state index contributed by atoms with van der Waals surface area (Å²) in [6.07, 6.45) is 0. The van der Waals surface area contributed by atoms with Gasteiger partial charge in [-0.2, -0.15) is 4.31 Å². The maximum absolute atomic E-state index is 13.2. The maximum Gasteiger partial charge on any atom is 0.243 e. The number of carbonyl (C=O) groups excluding carboxylic acids is 1. The Morgan fingerprint density at radius 3 is 2.21 bits per heavy atom. The van der Waals surface area contributed by atoms with Crippen LogP contribution in [0.3, 0.4) is 0 Å². The normalized spacial score (nSPS) is 11.4. The van der Waals surface area contributed by atoms with Gasteiger partial charge in [0.1, 0.15) is 0 Å². The van der Waals surface area contributed by atoms with E-state index in [0.29, 0.717) is 5.69 Å². The molecule has 0 aromatic heterocycles. The predicted molar refractivity (Wildman–Crippen MR) is 115 cm³/mol. The van der Waals surface area contributed by atoms with Crippen LogP contribution < -0.4 is 5.32 Å². The minimum atomic E-state index is -3.83. The Kier molecular flexibility index (Phi) is 6.46. The molecule has 3 rings (SSSR count). The van der Waals surface area contributed by atoms with Crippen molar-refractivity contribution in [3.05, 3.63) is 95.6 Å². The average Bonchev–Trinajstić information content (AvgIpc) is 2.70. The second-order valence-electron chi connectivity index (χ2n) is 6.99. The Hall–Kier alpha value is -2.96. The van der Waals surface area contributed by atoms with Gasteiger partial charge in [0.15, 0.2) is 0 Å². The minimum Gasteiger partial charge on any atom is -0.325 e. The Balaban J connectivity index is 1.85. The molecule has 0 aliphatic rings. The van der Waals surface area contributed by atoms with E-state index < -0.39 is 10.0 Å². The molecule has 29 heavy (non-hydrogen) atoms. The first kappa shape index (κ1) is 20.8. The second kappa shape index (κ2) is 9.03. The fraction of sp³-hybridized carbons (Fsp3) is 0.174. The number of aryl methyl sites for hydroxylation is 2. The highest BCUT2D eigenvalue weighted by molar-refractivity contribution is 7.89. The van der Waals surface area contributed by atoms with E-state index in [-0.39, 0.29) is 23.9 Å². The lowest BCUT2D eigenvalue weighted by atomic mass is 10.1. The molecule has 0 fully saturated rings. The molecule has 0 aliphatic heterocycles. The lowest BCUT2D eigenvalue weighted by Crippen LogP contribution is -2.37. The molecule has 0 saturated carbocycles. The van der Waals surface area contributed by atoms with Crippen LogP contribution in [0.25, 0.3) is 0 Å². The molecular formula is C23H24N2O3S. The maximum atomic E-state index is 13.2. The summed E-state index contributed by atoms with van der Waals surface area (Å²) in [5.41, 5.74) is 3.56. The van der Waals surface area contributed by atoms with Crippen LogP contribution in [0, 0.1) is 13.8 Å². The van der Waals surface area contributed by atoms with Crippen LogP contribution in [0.5, 0.6) is 0 Å². The molecular weight excluding hydrogens is 384 g/mol. The van der Waals surface area contributed by atoms with Crippen molar-refractivity contribution in [3.8, 4) is 0 Å². The molecule has 0 saturated heterocycles. The van der Waals surface area contributed by atoms with Crippen molar-refractivity contribution in [2.45, 2.75) is 25.3 Å². The summed E-state index contributed by atoms with van der Waals surface area (Å²) in [6.45, 7) is 3.73. The number of anilines is 1. The monoisotopic (exact) mass is 408 g/mol. The fourth-order valence-corrected chi connectivity index (χ4v) is 4.35. The molecule has 0 spiro atoms. The molecule has 1 N–H and O–H groups in total. The molecule has 3 aromatic rings. The van der Waals surface area contributed by atoms with E-state index in [0.717, 1.165) is 16.7 Å².